The molecule has 3 rings (SSSR count). The van der Waals surface area contributed by atoms with E-state index in [2.05, 4.69) is 14.8 Å². The van der Waals surface area contributed by atoms with Gasteiger partial charge in [-0.1, -0.05) is 40.8 Å². The van der Waals surface area contributed by atoms with Gasteiger partial charge in [0.15, 0.2) is 0 Å². The van der Waals surface area contributed by atoms with Crippen LogP contribution in [0, 0.1) is 0 Å². The first-order valence-corrected chi connectivity index (χ1v) is 11.0. The minimum absolute atomic E-state index is 0.247. The van der Waals surface area contributed by atoms with Gasteiger partial charge in [-0.05, 0) is 37.3 Å². The fraction of sp³-hybridized carbons (Fsp3) is 0.235. The number of fused-ring (bicyclic) bond motifs is 1. The van der Waals surface area contributed by atoms with Gasteiger partial charge in [-0.15, -0.1) is 4.33 Å². The van der Waals surface area contributed by atoms with Gasteiger partial charge < -0.3 is 10.0 Å². The predicted octanol–water partition coefficient (Wildman–Crippen LogP) is 3.81. The summed E-state index contributed by atoms with van der Waals surface area (Å²) < 4.78 is 5.09. The molecule has 8 nitrogen and oxygen atoms in total. The number of hydrogen-bond acceptors (Lipinski definition) is 10. The van der Waals surface area contributed by atoms with E-state index in [1.165, 1.54) is 7.11 Å². The average molecular weight is 473 g/mol. The number of carboxylic acid groups (broad SMARTS) is 1. The molecule has 0 aliphatic carbocycles. The smallest absolute Gasteiger partial charge is 0.323 e. The summed E-state index contributed by atoms with van der Waals surface area (Å²) >= 11 is 8.83. The highest BCUT2D eigenvalue weighted by molar-refractivity contribution is 8.26. The molecule has 1 saturated heterocycles. The Hall–Kier alpha value is -1.54. The Bertz CT molecular complexity index is 904. The molecule has 2 aliphatic rings. The topological polar surface area (TPSA) is 88.5 Å². The highest BCUT2D eigenvalue weighted by Gasteiger charge is 2.33. The van der Waals surface area contributed by atoms with E-state index in [0.717, 1.165) is 55.8 Å². The van der Waals surface area contributed by atoms with Crippen molar-refractivity contribution in [1.82, 2.24) is 4.90 Å². The molecule has 1 fully saturated rings. The second-order valence-corrected chi connectivity index (χ2v) is 9.06. The molecule has 154 valence electrons. The quantitative estimate of drug-likeness (QED) is 0.150. The van der Waals surface area contributed by atoms with Crippen molar-refractivity contribution in [3.63, 3.8) is 0 Å². The number of carboxylic acids is 1. The molecule has 1 aromatic rings. The molecular formula is C17H16N2O6S4. The van der Waals surface area contributed by atoms with Gasteiger partial charge in [0, 0.05) is 16.3 Å². The van der Waals surface area contributed by atoms with E-state index in [9.17, 15) is 9.59 Å². The van der Waals surface area contributed by atoms with E-state index < -0.39 is 18.4 Å². The molecule has 29 heavy (non-hydrogen) atoms. The lowest BCUT2D eigenvalue weighted by Crippen LogP contribution is -2.33. The van der Waals surface area contributed by atoms with Crippen molar-refractivity contribution in [2.45, 2.75) is 16.7 Å². The molecule has 1 amide bonds. The Morgan fingerprint density at radius 3 is 2.79 bits per heavy atom. The number of rotatable bonds is 8. The van der Waals surface area contributed by atoms with Crippen LogP contribution in [0.5, 0.6) is 0 Å². The molecule has 0 radical (unpaired) electrons. The van der Waals surface area contributed by atoms with Crippen molar-refractivity contribution in [3.8, 4) is 0 Å². The number of anilines is 1. The molecule has 0 saturated carbocycles. The van der Waals surface area contributed by atoms with Crippen LogP contribution in [0.3, 0.4) is 0 Å². The van der Waals surface area contributed by atoms with Gasteiger partial charge in [0.2, 0.25) is 0 Å². The predicted molar refractivity (Wildman–Crippen MR) is 116 cm³/mol. The van der Waals surface area contributed by atoms with Gasteiger partial charge in [0.1, 0.15) is 10.9 Å². The lowest BCUT2D eigenvalue weighted by molar-refractivity contribution is -0.447. The number of aliphatic carboxylic acids is 1. The summed E-state index contributed by atoms with van der Waals surface area (Å²) in [7, 11) is 1.35. The number of benzene rings is 1. The number of allylic oxidation sites excluding steroid dienone is 2. The molecule has 1 N–H and O–H groups in total. The molecule has 0 bridgehead atoms. The summed E-state index contributed by atoms with van der Waals surface area (Å²) in [6, 6.07) is 5.86. The van der Waals surface area contributed by atoms with Gasteiger partial charge in [0.05, 0.1) is 34.8 Å². The van der Waals surface area contributed by atoms with Crippen molar-refractivity contribution in [3.05, 3.63) is 40.3 Å². The summed E-state index contributed by atoms with van der Waals surface area (Å²) in [5.41, 5.74) is 1.02. The zero-order valence-corrected chi connectivity index (χ0v) is 18.6. The third kappa shape index (κ3) is 5.15. The summed E-state index contributed by atoms with van der Waals surface area (Å²) in [6.45, 7) is 2.32. The van der Waals surface area contributed by atoms with E-state index in [1.54, 1.807) is 17.8 Å². The molecule has 1 aromatic carbocycles. The maximum atomic E-state index is 12.4. The van der Waals surface area contributed by atoms with Gasteiger partial charge in [-0.25, -0.2) is 4.89 Å². The standard InChI is InChI=1S/C17H16N2O6S4/c1-3-18-11-8-10(29-25-24-23-2)4-5-12(11)27-14(18)7-6-13-16(22)19(9-15(20)21)17(26)28-13/h4-8H,3,9H2,1-2H3,(H,20,21)/b13-6+,14-7-. The Labute approximate surface area is 185 Å². The summed E-state index contributed by atoms with van der Waals surface area (Å²) in [5.74, 6) is -1.50. The molecule has 0 aromatic heterocycles. The van der Waals surface area contributed by atoms with Crippen LogP contribution in [0.2, 0.25) is 0 Å². The van der Waals surface area contributed by atoms with Gasteiger partial charge in [-0.2, -0.15) is 0 Å². The first-order valence-electron chi connectivity index (χ1n) is 8.25. The van der Waals surface area contributed by atoms with Crippen molar-refractivity contribution in [2.24, 2.45) is 0 Å². The fourth-order valence-electron chi connectivity index (χ4n) is 2.60. The highest BCUT2D eigenvalue weighted by Crippen LogP contribution is 2.47. The fourth-order valence-corrected chi connectivity index (χ4v) is 5.35. The van der Waals surface area contributed by atoms with Crippen LogP contribution in [-0.4, -0.2) is 46.4 Å². The second-order valence-electron chi connectivity index (χ2n) is 5.55. The molecule has 0 atom stereocenters. The van der Waals surface area contributed by atoms with E-state index >= 15 is 0 Å². The molecular weight excluding hydrogens is 456 g/mol. The normalized spacial score (nSPS) is 19.0. The van der Waals surface area contributed by atoms with Gasteiger partial charge in [-0.3, -0.25) is 14.5 Å². The Morgan fingerprint density at radius 2 is 2.10 bits per heavy atom. The largest absolute Gasteiger partial charge is 0.480 e. The van der Waals surface area contributed by atoms with Crippen LogP contribution < -0.4 is 4.90 Å². The minimum atomic E-state index is -1.10. The maximum absolute atomic E-state index is 12.4. The first kappa shape index (κ1) is 22.2. The number of thioether (sulfide) groups is 2. The number of amides is 1. The SMILES string of the molecule is CCN1/C(=C/C=C2/SC(=S)N(CC(=O)O)C2=O)Sc2ccc(SOOOC)cc21. The van der Waals surface area contributed by atoms with E-state index in [4.69, 9.17) is 21.7 Å². The maximum Gasteiger partial charge on any atom is 0.323 e. The third-order valence-electron chi connectivity index (χ3n) is 3.79. The van der Waals surface area contributed by atoms with Gasteiger partial charge >= 0.3 is 5.97 Å². The monoisotopic (exact) mass is 472 g/mol. The van der Waals surface area contributed by atoms with Gasteiger partial charge in [0.25, 0.3) is 5.91 Å². The molecule has 2 heterocycles. The molecule has 12 heteroatoms. The summed E-state index contributed by atoms with van der Waals surface area (Å²) in [4.78, 5) is 33.2. The van der Waals surface area contributed by atoms with E-state index in [1.807, 2.05) is 31.2 Å². The summed E-state index contributed by atoms with van der Waals surface area (Å²) in [5, 5.41) is 14.3. The van der Waals surface area contributed by atoms with Crippen LogP contribution in [0.4, 0.5) is 5.69 Å². The van der Waals surface area contributed by atoms with Crippen LogP contribution in [-0.2, 0) is 23.8 Å². The number of carbonyl (C=O) groups excluding carboxylic acids is 1. The van der Waals surface area contributed by atoms with Crippen LogP contribution >= 0.6 is 47.8 Å². The van der Waals surface area contributed by atoms with Crippen molar-refractivity contribution in [2.75, 3.05) is 25.1 Å². The number of thiocarbonyl (C=S) groups is 1. The zero-order chi connectivity index (χ0) is 21.0. The number of hydrogen-bond donors (Lipinski definition) is 1. The molecule has 0 spiro atoms. The Kier molecular flexibility index (Phi) is 7.62. The Balaban J connectivity index is 1.78. The van der Waals surface area contributed by atoms with Crippen LogP contribution in [0.1, 0.15) is 6.92 Å². The van der Waals surface area contributed by atoms with Crippen molar-refractivity contribution >= 4 is 69.7 Å². The van der Waals surface area contributed by atoms with Crippen molar-refractivity contribution < 1.29 is 29.0 Å². The average Bonchev–Trinajstić information content (AvgIpc) is 3.17. The van der Waals surface area contributed by atoms with E-state index in [0.29, 0.717) is 4.91 Å². The van der Waals surface area contributed by atoms with E-state index in [-0.39, 0.29) is 4.32 Å². The lowest BCUT2D eigenvalue weighted by Gasteiger charge is -2.18. The molecule has 0 unspecified atom stereocenters. The Morgan fingerprint density at radius 1 is 1.31 bits per heavy atom. The number of nitrogens with zero attached hydrogens (tertiary/aromatic N) is 2. The minimum Gasteiger partial charge on any atom is -0.480 e. The van der Waals surface area contributed by atoms with Crippen LogP contribution in [0.15, 0.2) is 50.1 Å². The number of carbonyl (C=O) groups is 2. The molecule has 2 aliphatic heterocycles. The zero-order valence-electron chi connectivity index (χ0n) is 15.3. The van der Waals surface area contributed by atoms with Crippen LogP contribution in [0.25, 0.3) is 0 Å². The first-order chi connectivity index (χ1) is 13.9. The van der Waals surface area contributed by atoms with Crippen molar-refractivity contribution in [1.29, 1.82) is 0 Å². The summed E-state index contributed by atoms with van der Waals surface area (Å²) in [6.07, 6.45) is 3.53. The highest BCUT2D eigenvalue weighted by atomic mass is 32.2. The third-order valence-corrected chi connectivity index (χ3v) is 6.89. The lowest BCUT2D eigenvalue weighted by atomic mass is 10.3. The second kappa shape index (κ2) is 9.98.